The van der Waals surface area contributed by atoms with Crippen molar-refractivity contribution in [3.05, 3.63) is 66.2 Å². The van der Waals surface area contributed by atoms with Crippen LogP contribution in [0.5, 0.6) is 0 Å². The third-order valence-electron chi connectivity index (χ3n) is 2.69. The Balaban J connectivity index is 0.00000200. The van der Waals surface area contributed by atoms with E-state index in [9.17, 15) is 9.90 Å². The molecule has 0 saturated carbocycles. The molecule has 2 aromatic rings. The van der Waals surface area contributed by atoms with E-state index in [-0.39, 0.29) is 57.0 Å². The number of nitriles is 1. The Kier molecular flexibility index (Phi) is 6.86. The van der Waals surface area contributed by atoms with Gasteiger partial charge in [0, 0.05) is 0 Å². The first kappa shape index (κ1) is 16.8. The SMILES string of the molecule is N#CC(=CC(=O)[O-])c1ccc(-c2ccccc2)cc1.[K+]. The molecule has 0 bridgehead atoms. The molecule has 0 aliphatic rings. The minimum atomic E-state index is -1.37. The van der Waals surface area contributed by atoms with Crippen molar-refractivity contribution in [2.45, 2.75) is 0 Å². The molecule has 0 aromatic heterocycles. The standard InChI is InChI=1S/C16H11NO2.K/c17-11-15(10-16(18)19)14-8-6-13(7-9-14)12-4-2-1-3-5-12;/h1-10H,(H,18,19);/q;+1/p-1. The van der Waals surface area contributed by atoms with E-state index in [0.717, 1.165) is 17.2 Å². The van der Waals surface area contributed by atoms with E-state index in [0.29, 0.717) is 5.56 Å². The van der Waals surface area contributed by atoms with E-state index in [1.165, 1.54) is 0 Å². The van der Waals surface area contributed by atoms with Crippen LogP contribution < -0.4 is 56.5 Å². The Labute approximate surface area is 160 Å². The Hall–Kier alpha value is -1.22. The molecule has 0 heterocycles. The van der Waals surface area contributed by atoms with Crippen molar-refractivity contribution in [3.8, 4) is 17.2 Å². The zero-order chi connectivity index (χ0) is 13.7. The summed E-state index contributed by atoms with van der Waals surface area (Å²) in [6.45, 7) is 0. The van der Waals surface area contributed by atoms with Gasteiger partial charge < -0.3 is 9.90 Å². The summed E-state index contributed by atoms with van der Waals surface area (Å²) in [7, 11) is 0. The average Bonchev–Trinajstić information content (AvgIpc) is 2.46. The van der Waals surface area contributed by atoms with E-state index in [1.54, 1.807) is 12.1 Å². The Morgan fingerprint density at radius 3 is 2.05 bits per heavy atom. The first-order valence-electron chi connectivity index (χ1n) is 5.69. The Morgan fingerprint density at radius 2 is 1.55 bits per heavy atom. The summed E-state index contributed by atoms with van der Waals surface area (Å²) in [4.78, 5) is 10.5. The summed E-state index contributed by atoms with van der Waals surface area (Å²) in [5.41, 5.74) is 2.72. The maximum absolute atomic E-state index is 10.5. The van der Waals surface area contributed by atoms with Crippen LogP contribution in [0.1, 0.15) is 5.56 Å². The molecule has 0 N–H and O–H groups in total. The molecule has 0 radical (unpaired) electrons. The molecule has 0 aliphatic heterocycles. The topological polar surface area (TPSA) is 63.9 Å². The minimum absolute atomic E-state index is 0. The maximum atomic E-state index is 10.5. The van der Waals surface area contributed by atoms with Gasteiger partial charge in [0.15, 0.2) is 0 Å². The molecule has 0 saturated heterocycles. The third-order valence-corrected chi connectivity index (χ3v) is 2.69. The van der Waals surface area contributed by atoms with Crippen molar-refractivity contribution in [1.82, 2.24) is 0 Å². The minimum Gasteiger partial charge on any atom is -0.545 e. The Morgan fingerprint density at radius 1 is 1.00 bits per heavy atom. The smallest absolute Gasteiger partial charge is 0.545 e. The number of rotatable bonds is 3. The van der Waals surface area contributed by atoms with Gasteiger partial charge in [-0.3, -0.25) is 0 Å². The van der Waals surface area contributed by atoms with Crippen LogP contribution in [0.25, 0.3) is 16.7 Å². The van der Waals surface area contributed by atoms with Gasteiger partial charge in [-0.05, 0) is 22.8 Å². The molecule has 0 unspecified atom stereocenters. The van der Waals surface area contributed by atoms with E-state index in [1.807, 2.05) is 48.5 Å². The number of nitrogens with zero attached hydrogens (tertiary/aromatic N) is 1. The number of carbonyl (C=O) groups is 1. The average molecular weight is 287 g/mol. The van der Waals surface area contributed by atoms with Crippen molar-refractivity contribution < 1.29 is 61.3 Å². The van der Waals surface area contributed by atoms with Crippen LogP contribution in [0.4, 0.5) is 0 Å². The van der Waals surface area contributed by atoms with Crippen LogP contribution in [0.2, 0.25) is 0 Å². The molecular formula is C16H10KNO2. The van der Waals surface area contributed by atoms with Gasteiger partial charge in [0.2, 0.25) is 0 Å². The molecule has 2 aromatic carbocycles. The van der Waals surface area contributed by atoms with Gasteiger partial charge >= 0.3 is 51.4 Å². The second-order valence-corrected chi connectivity index (χ2v) is 3.93. The predicted molar refractivity (Wildman–Crippen MR) is 70.5 cm³/mol. The zero-order valence-electron chi connectivity index (χ0n) is 11.0. The monoisotopic (exact) mass is 287 g/mol. The number of hydrogen-bond acceptors (Lipinski definition) is 3. The molecule has 3 nitrogen and oxygen atoms in total. The number of aliphatic carboxylic acids is 1. The first-order valence-corrected chi connectivity index (χ1v) is 5.69. The van der Waals surface area contributed by atoms with E-state index in [4.69, 9.17) is 5.26 Å². The summed E-state index contributed by atoms with van der Waals surface area (Å²) in [6.07, 6.45) is 0.803. The summed E-state index contributed by atoms with van der Waals surface area (Å²) in [5, 5.41) is 19.4. The number of hydrogen-bond donors (Lipinski definition) is 0. The summed E-state index contributed by atoms with van der Waals surface area (Å²) in [5.74, 6) is -1.37. The quantitative estimate of drug-likeness (QED) is 0.414. The molecular weight excluding hydrogens is 277 g/mol. The number of carboxylic acid groups (broad SMARTS) is 1. The third kappa shape index (κ3) is 4.41. The van der Waals surface area contributed by atoms with E-state index < -0.39 is 5.97 Å². The van der Waals surface area contributed by atoms with Crippen molar-refractivity contribution in [2.24, 2.45) is 0 Å². The van der Waals surface area contributed by atoms with Crippen molar-refractivity contribution >= 4 is 11.5 Å². The van der Waals surface area contributed by atoms with Crippen LogP contribution in [-0.2, 0) is 4.79 Å². The summed E-state index contributed by atoms with van der Waals surface area (Å²) >= 11 is 0. The van der Waals surface area contributed by atoms with E-state index >= 15 is 0 Å². The van der Waals surface area contributed by atoms with Crippen molar-refractivity contribution in [1.29, 1.82) is 5.26 Å². The number of carbonyl (C=O) groups excluding carboxylic acids is 1. The van der Waals surface area contributed by atoms with Crippen LogP contribution >= 0.6 is 0 Å². The molecule has 20 heavy (non-hydrogen) atoms. The van der Waals surface area contributed by atoms with E-state index in [2.05, 4.69) is 0 Å². The van der Waals surface area contributed by atoms with Crippen molar-refractivity contribution in [3.63, 3.8) is 0 Å². The predicted octanol–water partition coefficient (Wildman–Crippen LogP) is -0.986. The molecule has 0 spiro atoms. The van der Waals surface area contributed by atoms with Gasteiger partial charge in [0.25, 0.3) is 0 Å². The zero-order valence-corrected chi connectivity index (χ0v) is 14.2. The normalized spacial score (nSPS) is 10.2. The summed E-state index contributed by atoms with van der Waals surface area (Å²) < 4.78 is 0. The number of benzene rings is 2. The van der Waals surface area contributed by atoms with Gasteiger partial charge in [0.05, 0.1) is 17.6 Å². The fourth-order valence-corrected chi connectivity index (χ4v) is 1.77. The van der Waals surface area contributed by atoms with Gasteiger partial charge in [-0.2, -0.15) is 5.26 Å². The largest absolute Gasteiger partial charge is 1.00 e. The van der Waals surface area contributed by atoms with Gasteiger partial charge in [-0.1, -0.05) is 54.6 Å². The van der Waals surface area contributed by atoms with Gasteiger partial charge in [0.1, 0.15) is 0 Å². The van der Waals surface area contributed by atoms with Crippen molar-refractivity contribution in [2.75, 3.05) is 0 Å². The number of carboxylic acids is 1. The molecule has 4 heteroatoms. The van der Waals surface area contributed by atoms with Gasteiger partial charge in [-0.15, -0.1) is 0 Å². The molecule has 2 rings (SSSR count). The first-order chi connectivity index (χ1) is 9.20. The van der Waals surface area contributed by atoms with Crippen LogP contribution in [0, 0.1) is 11.3 Å². The fourth-order valence-electron chi connectivity index (χ4n) is 1.77. The molecule has 0 atom stereocenters. The van der Waals surface area contributed by atoms with Crippen LogP contribution in [0.3, 0.4) is 0 Å². The molecule has 0 amide bonds. The second kappa shape index (κ2) is 8.15. The summed E-state index contributed by atoms with van der Waals surface area (Å²) in [6, 6.07) is 18.8. The Bertz CT molecular complexity index is 655. The molecule has 0 fully saturated rings. The van der Waals surface area contributed by atoms with Crippen LogP contribution in [0.15, 0.2) is 60.7 Å². The molecule has 92 valence electrons. The molecule has 0 aliphatic carbocycles. The maximum Gasteiger partial charge on any atom is 1.00 e. The van der Waals surface area contributed by atoms with Crippen LogP contribution in [-0.4, -0.2) is 5.97 Å². The number of allylic oxidation sites excluding steroid dienone is 1. The van der Waals surface area contributed by atoms with Gasteiger partial charge in [-0.25, -0.2) is 0 Å². The second-order valence-electron chi connectivity index (χ2n) is 3.93. The fraction of sp³-hybridized carbons (Fsp3) is 0.